The number of benzene rings is 2. The van der Waals surface area contributed by atoms with Crippen molar-refractivity contribution in [3.63, 3.8) is 0 Å². The minimum absolute atomic E-state index is 0.265. The fraction of sp³-hybridized carbons (Fsp3) is 0.200. The second-order valence-electron chi connectivity index (χ2n) is 6.45. The summed E-state index contributed by atoms with van der Waals surface area (Å²) in [6, 6.07) is 12.2. The predicted molar refractivity (Wildman–Crippen MR) is 103 cm³/mol. The molecule has 0 N–H and O–H groups in total. The summed E-state index contributed by atoms with van der Waals surface area (Å²) < 4.78 is 25.2. The number of methoxy groups -OCH3 is 1. The number of hydrogen-bond acceptors (Lipinski definition) is 6. The van der Waals surface area contributed by atoms with E-state index in [1.165, 1.54) is 12.1 Å². The molecule has 0 unspecified atom stereocenters. The van der Waals surface area contributed by atoms with Crippen LogP contribution in [0.15, 0.2) is 47.0 Å². The summed E-state index contributed by atoms with van der Waals surface area (Å²) in [5.74, 6) is 1.27. The van der Waals surface area contributed by atoms with E-state index in [0.717, 1.165) is 50.9 Å². The Balaban J connectivity index is 1.49. The number of rotatable bonds is 3. The maximum Gasteiger partial charge on any atom is 0.186 e. The lowest BCUT2D eigenvalue weighted by atomic mass is 10.0. The first-order valence-corrected chi connectivity index (χ1v) is 9.46. The van der Waals surface area contributed by atoms with Crippen molar-refractivity contribution in [3.8, 4) is 17.1 Å². The van der Waals surface area contributed by atoms with Crippen molar-refractivity contribution >= 4 is 26.7 Å². The number of anilines is 1. The zero-order valence-corrected chi connectivity index (χ0v) is 15.4. The van der Waals surface area contributed by atoms with Gasteiger partial charge in [-0.3, -0.25) is 0 Å². The van der Waals surface area contributed by atoms with Gasteiger partial charge >= 0.3 is 0 Å². The maximum absolute atomic E-state index is 13.2. The molecule has 0 saturated carbocycles. The number of hydrogen-bond donors (Lipinski definition) is 0. The third kappa shape index (κ3) is 2.84. The van der Waals surface area contributed by atoms with Crippen LogP contribution in [0.4, 0.5) is 9.52 Å². The van der Waals surface area contributed by atoms with Crippen molar-refractivity contribution in [1.82, 2.24) is 10.1 Å². The van der Waals surface area contributed by atoms with Crippen LogP contribution < -0.4 is 9.64 Å². The van der Waals surface area contributed by atoms with E-state index >= 15 is 0 Å². The quantitative estimate of drug-likeness (QED) is 0.517. The molecule has 2 aromatic carbocycles. The molecule has 0 fully saturated rings. The van der Waals surface area contributed by atoms with Crippen molar-refractivity contribution in [1.29, 1.82) is 0 Å². The first kappa shape index (κ1) is 16.3. The second-order valence-corrected chi connectivity index (χ2v) is 7.45. The topological polar surface area (TPSA) is 51.4 Å². The largest absolute Gasteiger partial charge is 0.497 e. The summed E-state index contributed by atoms with van der Waals surface area (Å²) in [5.41, 5.74) is 3.81. The zero-order valence-electron chi connectivity index (χ0n) is 14.6. The molecule has 2 aromatic heterocycles. The van der Waals surface area contributed by atoms with Crippen LogP contribution in [0.5, 0.6) is 5.75 Å². The van der Waals surface area contributed by atoms with Gasteiger partial charge in [-0.25, -0.2) is 9.37 Å². The normalized spacial score (nSPS) is 13.8. The van der Waals surface area contributed by atoms with Crippen LogP contribution in [0.25, 0.3) is 21.5 Å². The van der Waals surface area contributed by atoms with E-state index in [-0.39, 0.29) is 5.82 Å². The fourth-order valence-electron chi connectivity index (χ4n) is 3.36. The Morgan fingerprint density at radius 2 is 2.04 bits per heavy atom. The Labute approximate surface area is 159 Å². The maximum atomic E-state index is 13.2. The molecule has 0 radical (unpaired) electrons. The lowest BCUT2D eigenvalue weighted by Gasteiger charge is -2.25. The highest BCUT2D eigenvalue weighted by atomic mass is 32.1. The van der Waals surface area contributed by atoms with E-state index in [1.807, 2.05) is 18.2 Å². The van der Waals surface area contributed by atoms with E-state index < -0.39 is 0 Å². The SMILES string of the molecule is COc1ccc2nc(N3CCc4noc(-c5ccc(F)cc5)c4C3)sc2c1. The van der Waals surface area contributed by atoms with Gasteiger partial charge in [-0.05, 0) is 42.5 Å². The van der Waals surface area contributed by atoms with Gasteiger partial charge in [0.05, 0.1) is 29.6 Å². The molecule has 0 spiro atoms. The Morgan fingerprint density at radius 3 is 2.85 bits per heavy atom. The molecule has 1 aliphatic heterocycles. The molecule has 0 amide bonds. The number of ether oxygens (including phenoxy) is 1. The molecule has 27 heavy (non-hydrogen) atoms. The number of aromatic nitrogens is 2. The Hall–Kier alpha value is -2.93. The van der Waals surface area contributed by atoms with Crippen molar-refractivity contribution in [3.05, 3.63) is 59.5 Å². The van der Waals surface area contributed by atoms with Gasteiger partial charge in [0.2, 0.25) is 0 Å². The zero-order chi connectivity index (χ0) is 18.4. The molecule has 7 heteroatoms. The van der Waals surface area contributed by atoms with Gasteiger partial charge in [0.25, 0.3) is 0 Å². The Kier molecular flexibility index (Phi) is 3.82. The number of nitrogens with zero attached hydrogens (tertiary/aromatic N) is 3. The van der Waals surface area contributed by atoms with Crippen molar-refractivity contribution in [2.24, 2.45) is 0 Å². The molecular weight excluding hydrogens is 365 g/mol. The van der Waals surface area contributed by atoms with Crippen LogP contribution in [0.2, 0.25) is 0 Å². The van der Waals surface area contributed by atoms with Gasteiger partial charge < -0.3 is 14.2 Å². The van der Waals surface area contributed by atoms with E-state index in [0.29, 0.717) is 12.3 Å². The lowest BCUT2D eigenvalue weighted by molar-refractivity contribution is 0.415. The molecule has 0 saturated heterocycles. The van der Waals surface area contributed by atoms with Gasteiger partial charge in [0.1, 0.15) is 11.6 Å². The Bertz CT molecular complexity index is 1120. The summed E-state index contributed by atoms with van der Waals surface area (Å²) in [7, 11) is 1.66. The van der Waals surface area contributed by atoms with Gasteiger partial charge in [0, 0.05) is 24.1 Å². The first-order chi connectivity index (χ1) is 13.2. The average molecular weight is 381 g/mol. The van der Waals surface area contributed by atoms with Crippen LogP contribution >= 0.6 is 11.3 Å². The molecule has 4 aromatic rings. The second kappa shape index (κ2) is 6.35. The minimum Gasteiger partial charge on any atom is -0.497 e. The number of fused-ring (bicyclic) bond motifs is 2. The summed E-state index contributed by atoms with van der Waals surface area (Å²) >= 11 is 1.65. The number of thiazole rings is 1. The van der Waals surface area contributed by atoms with E-state index in [1.54, 1.807) is 30.6 Å². The molecule has 5 rings (SSSR count). The van der Waals surface area contributed by atoms with Crippen LogP contribution in [-0.4, -0.2) is 23.8 Å². The van der Waals surface area contributed by atoms with E-state index in [9.17, 15) is 4.39 Å². The molecule has 136 valence electrons. The van der Waals surface area contributed by atoms with Crippen molar-refractivity contribution in [2.45, 2.75) is 13.0 Å². The predicted octanol–water partition coefficient (Wildman–Crippen LogP) is 4.66. The standard InChI is InChI=1S/C20H16FN3O2S/c1-25-14-6-7-17-18(10-14)27-20(22-17)24-9-8-16-15(11-24)19(26-23-16)12-2-4-13(21)5-3-12/h2-7,10H,8-9,11H2,1H3. The minimum atomic E-state index is -0.265. The summed E-state index contributed by atoms with van der Waals surface area (Å²) in [5, 5.41) is 5.19. The van der Waals surface area contributed by atoms with Crippen molar-refractivity contribution in [2.75, 3.05) is 18.6 Å². The van der Waals surface area contributed by atoms with E-state index in [2.05, 4.69) is 10.1 Å². The number of halogens is 1. The Morgan fingerprint density at radius 1 is 1.19 bits per heavy atom. The summed E-state index contributed by atoms with van der Waals surface area (Å²) in [6.45, 7) is 1.50. The van der Waals surface area contributed by atoms with Crippen LogP contribution in [0.3, 0.4) is 0 Å². The molecule has 0 aliphatic carbocycles. The van der Waals surface area contributed by atoms with E-state index in [4.69, 9.17) is 14.2 Å². The smallest absolute Gasteiger partial charge is 0.186 e. The fourth-order valence-corrected chi connectivity index (χ4v) is 4.38. The van der Waals surface area contributed by atoms with Crippen LogP contribution in [-0.2, 0) is 13.0 Å². The molecule has 0 atom stereocenters. The van der Waals surface area contributed by atoms with Gasteiger partial charge in [-0.2, -0.15) is 0 Å². The van der Waals surface area contributed by atoms with Gasteiger partial charge in [-0.1, -0.05) is 16.5 Å². The third-order valence-electron chi connectivity index (χ3n) is 4.80. The first-order valence-electron chi connectivity index (χ1n) is 8.64. The highest BCUT2D eigenvalue weighted by Gasteiger charge is 2.26. The molecular formula is C20H16FN3O2S. The monoisotopic (exact) mass is 381 g/mol. The van der Waals surface area contributed by atoms with Crippen LogP contribution in [0.1, 0.15) is 11.3 Å². The molecule has 3 heterocycles. The molecule has 5 nitrogen and oxygen atoms in total. The summed E-state index contributed by atoms with van der Waals surface area (Å²) in [4.78, 5) is 7.01. The summed E-state index contributed by atoms with van der Waals surface area (Å²) in [6.07, 6.45) is 0.791. The highest BCUT2D eigenvalue weighted by Crippen LogP contribution is 2.36. The molecule has 1 aliphatic rings. The van der Waals surface area contributed by atoms with Gasteiger partial charge in [0.15, 0.2) is 10.9 Å². The highest BCUT2D eigenvalue weighted by molar-refractivity contribution is 7.22. The molecule has 0 bridgehead atoms. The van der Waals surface area contributed by atoms with Gasteiger partial charge in [-0.15, -0.1) is 0 Å². The third-order valence-corrected chi connectivity index (χ3v) is 5.88. The lowest BCUT2D eigenvalue weighted by Crippen LogP contribution is -2.30. The van der Waals surface area contributed by atoms with Crippen molar-refractivity contribution < 1.29 is 13.7 Å². The average Bonchev–Trinajstić information content (AvgIpc) is 3.31. The van der Waals surface area contributed by atoms with Crippen LogP contribution in [0, 0.1) is 5.82 Å².